The Bertz CT molecular complexity index is 1440. The van der Waals surface area contributed by atoms with Crippen LogP contribution in [0, 0.1) is 20.8 Å². The first-order chi connectivity index (χ1) is 19.0. The number of halogens is 3. The predicted molar refractivity (Wildman–Crippen MR) is 155 cm³/mol. The van der Waals surface area contributed by atoms with Crippen LogP contribution in [0.3, 0.4) is 0 Å². The summed E-state index contributed by atoms with van der Waals surface area (Å²) in [5.41, 5.74) is 6.56. The van der Waals surface area contributed by atoms with Crippen LogP contribution >= 0.6 is 23.7 Å². The fourth-order valence-corrected chi connectivity index (χ4v) is 6.15. The van der Waals surface area contributed by atoms with Crippen molar-refractivity contribution >= 4 is 29.7 Å². The summed E-state index contributed by atoms with van der Waals surface area (Å²) in [4.78, 5) is 12.9. The minimum atomic E-state index is -4.50. The van der Waals surface area contributed by atoms with Crippen molar-refractivity contribution in [2.45, 2.75) is 49.7 Å². The Labute approximate surface area is 240 Å². The molecule has 0 saturated carbocycles. The summed E-state index contributed by atoms with van der Waals surface area (Å²) in [7, 11) is 0. The lowest BCUT2D eigenvalue weighted by Gasteiger charge is -2.23. The van der Waals surface area contributed by atoms with Crippen LogP contribution in [0.1, 0.15) is 33.8 Å². The Morgan fingerprint density at radius 3 is 2.25 bits per heavy atom. The third kappa shape index (κ3) is 8.19. The van der Waals surface area contributed by atoms with E-state index < -0.39 is 17.9 Å². The van der Waals surface area contributed by atoms with Crippen molar-refractivity contribution in [2.75, 3.05) is 12.3 Å². The number of nitrogens with zero attached hydrogens (tertiary/aromatic N) is 1. The van der Waals surface area contributed by atoms with Crippen molar-refractivity contribution in [1.29, 1.82) is 0 Å². The molecule has 4 rings (SSSR count). The second-order valence-corrected chi connectivity index (χ2v) is 11.8. The van der Waals surface area contributed by atoms with Crippen molar-refractivity contribution in [3.63, 3.8) is 0 Å². The first-order valence-corrected chi connectivity index (χ1v) is 14.4. The van der Waals surface area contributed by atoms with Crippen LogP contribution in [-0.2, 0) is 23.9 Å². The van der Waals surface area contributed by atoms with E-state index in [1.54, 1.807) is 11.9 Å². The monoisotopic (exact) mass is 585 g/mol. The van der Waals surface area contributed by atoms with E-state index in [0.717, 1.165) is 43.7 Å². The first-order valence-electron chi connectivity index (χ1n) is 12.7. The molecule has 1 aromatic heterocycles. The van der Waals surface area contributed by atoms with E-state index in [1.165, 1.54) is 23.4 Å². The van der Waals surface area contributed by atoms with Crippen molar-refractivity contribution in [3.05, 3.63) is 107 Å². The smallest absolute Gasteiger partial charge is 0.449 e. The fraction of sp³-hybridized carbons (Fsp3) is 0.258. The van der Waals surface area contributed by atoms with Gasteiger partial charge < -0.3 is 9.52 Å². The molecule has 4 aromatic rings. The van der Waals surface area contributed by atoms with Gasteiger partial charge in [-0.1, -0.05) is 54.1 Å². The molecular weight excluding hydrogens is 555 g/mol. The number of rotatable bonds is 11. The van der Waals surface area contributed by atoms with Crippen molar-refractivity contribution in [3.8, 4) is 11.1 Å². The Morgan fingerprint density at radius 1 is 0.925 bits per heavy atom. The normalized spacial score (nSPS) is 11.8. The number of thioether (sulfide) groups is 1. The number of aliphatic carboxylic acids is 1. The Kier molecular flexibility index (Phi) is 9.71. The maximum atomic E-state index is 13.0. The van der Waals surface area contributed by atoms with E-state index in [-0.39, 0.29) is 5.75 Å². The van der Waals surface area contributed by atoms with Crippen LogP contribution in [0.5, 0.6) is 0 Å². The summed E-state index contributed by atoms with van der Waals surface area (Å²) in [6.07, 6.45) is -4.16. The number of hydrogen-bond donors (Lipinski definition) is 1. The van der Waals surface area contributed by atoms with Gasteiger partial charge in [0.15, 0.2) is 0 Å². The molecule has 9 heteroatoms. The molecule has 3 aromatic carbocycles. The maximum absolute atomic E-state index is 13.0. The SMILES string of the molecule is Cc1cc(C)c(SN(CCc2ccc(C(F)(F)F)o2)Cc2ccc(-c3cccc(SCC(=O)O)c3)cc2)c(C)c1. The Hall–Kier alpha value is -3.14. The van der Waals surface area contributed by atoms with E-state index >= 15 is 0 Å². The summed E-state index contributed by atoms with van der Waals surface area (Å²) < 4.78 is 46.3. The van der Waals surface area contributed by atoms with Crippen molar-refractivity contribution in [1.82, 2.24) is 4.31 Å². The fourth-order valence-electron chi connectivity index (χ4n) is 4.41. The van der Waals surface area contributed by atoms with Gasteiger partial charge in [-0.3, -0.25) is 4.79 Å². The zero-order valence-electron chi connectivity index (χ0n) is 22.4. The van der Waals surface area contributed by atoms with E-state index in [0.29, 0.717) is 25.3 Å². The molecule has 1 heterocycles. The lowest BCUT2D eigenvalue weighted by Crippen LogP contribution is -2.19. The minimum absolute atomic E-state index is 0.00530. The standard InChI is InChI=1S/C31H30F3NO3S2/c1-20-15-21(2)30(22(3)16-20)40-35(14-13-26-11-12-28(38-26)31(32,33)34)18-23-7-9-24(10-8-23)25-5-4-6-27(17-25)39-19-29(36)37/h4-12,15-17H,13-14,18-19H2,1-3H3,(H,36,37). The van der Waals surface area contributed by atoms with Crippen LogP contribution < -0.4 is 0 Å². The highest BCUT2D eigenvalue weighted by atomic mass is 32.2. The third-order valence-electron chi connectivity index (χ3n) is 6.22. The molecule has 0 aliphatic carbocycles. The topological polar surface area (TPSA) is 53.7 Å². The Morgan fingerprint density at radius 2 is 1.62 bits per heavy atom. The van der Waals surface area contributed by atoms with Gasteiger partial charge in [0.05, 0.1) is 5.75 Å². The molecular formula is C31H30F3NO3S2. The zero-order valence-corrected chi connectivity index (χ0v) is 24.1. The van der Waals surface area contributed by atoms with E-state index in [9.17, 15) is 18.0 Å². The summed E-state index contributed by atoms with van der Waals surface area (Å²) >= 11 is 2.89. The average molecular weight is 586 g/mol. The molecule has 0 radical (unpaired) electrons. The minimum Gasteiger partial charge on any atom is -0.481 e. The van der Waals surface area contributed by atoms with E-state index in [4.69, 9.17) is 9.52 Å². The molecule has 0 aliphatic heterocycles. The molecule has 210 valence electrons. The van der Waals surface area contributed by atoms with Crippen LogP contribution in [-0.4, -0.2) is 27.7 Å². The highest BCUT2D eigenvalue weighted by Crippen LogP contribution is 2.34. The number of benzene rings is 3. The zero-order chi connectivity index (χ0) is 28.9. The van der Waals surface area contributed by atoms with Crippen LogP contribution in [0.25, 0.3) is 11.1 Å². The van der Waals surface area contributed by atoms with Gasteiger partial charge in [-0.05, 0) is 84.8 Å². The maximum Gasteiger partial charge on any atom is 0.449 e. The van der Waals surface area contributed by atoms with Gasteiger partial charge in [0.1, 0.15) is 5.76 Å². The van der Waals surface area contributed by atoms with Gasteiger partial charge in [0, 0.05) is 29.3 Å². The lowest BCUT2D eigenvalue weighted by atomic mass is 10.0. The summed E-state index contributed by atoms with van der Waals surface area (Å²) in [6.45, 7) is 7.27. The largest absolute Gasteiger partial charge is 0.481 e. The highest BCUT2D eigenvalue weighted by Gasteiger charge is 2.34. The molecule has 0 atom stereocenters. The number of carboxylic acids is 1. The van der Waals surface area contributed by atoms with E-state index in [2.05, 4.69) is 37.2 Å². The molecule has 1 N–H and O–H groups in total. The van der Waals surface area contributed by atoms with E-state index in [1.807, 2.05) is 48.5 Å². The molecule has 0 fully saturated rings. The number of carbonyl (C=O) groups is 1. The third-order valence-corrected chi connectivity index (χ3v) is 8.59. The molecule has 0 bridgehead atoms. The molecule has 0 spiro atoms. The van der Waals surface area contributed by atoms with Gasteiger partial charge in [0.25, 0.3) is 0 Å². The summed E-state index contributed by atoms with van der Waals surface area (Å²) in [5, 5.41) is 8.96. The van der Waals surface area contributed by atoms with Gasteiger partial charge in [-0.25, -0.2) is 4.31 Å². The van der Waals surface area contributed by atoms with Crippen LogP contribution in [0.2, 0.25) is 0 Å². The summed E-state index contributed by atoms with van der Waals surface area (Å²) in [5.74, 6) is -1.53. The Balaban J connectivity index is 1.51. The molecule has 40 heavy (non-hydrogen) atoms. The molecule has 0 amide bonds. The highest BCUT2D eigenvalue weighted by molar-refractivity contribution is 8.00. The lowest BCUT2D eigenvalue weighted by molar-refractivity contribution is -0.153. The van der Waals surface area contributed by atoms with Crippen LogP contribution in [0.15, 0.2) is 87.0 Å². The first kappa shape index (κ1) is 29.8. The average Bonchev–Trinajstić information content (AvgIpc) is 3.38. The number of alkyl halides is 3. The second-order valence-electron chi connectivity index (χ2n) is 9.60. The molecule has 0 saturated heterocycles. The number of carboxylic acid groups (broad SMARTS) is 1. The predicted octanol–water partition coefficient (Wildman–Crippen LogP) is 8.82. The van der Waals surface area contributed by atoms with Crippen molar-refractivity contribution < 1.29 is 27.5 Å². The van der Waals surface area contributed by atoms with Crippen molar-refractivity contribution in [2.24, 2.45) is 0 Å². The molecule has 0 unspecified atom stereocenters. The summed E-state index contributed by atoms with van der Waals surface area (Å²) in [6, 6.07) is 22.6. The number of hydrogen-bond acceptors (Lipinski definition) is 5. The molecule has 4 nitrogen and oxygen atoms in total. The van der Waals surface area contributed by atoms with Gasteiger partial charge >= 0.3 is 12.1 Å². The van der Waals surface area contributed by atoms with Gasteiger partial charge in [-0.2, -0.15) is 13.2 Å². The van der Waals surface area contributed by atoms with Gasteiger partial charge in [-0.15, -0.1) is 11.8 Å². The quantitative estimate of drug-likeness (QED) is 0.140. The number of aryl methyl sites for hydroxylation is 3. The van der Waals surface area contributed by atoms with Gasteiger partial charge in [0.2, 0.25) is 5.76 Å². The molecule has 0 aliphatic rings. The number of furan rings is 1. The second kappa shape index (κ2) is 13.0. The van der Waals surface area contributed by atoms with Crippen LogP contribution in [0.4, 0.5) is 13.2 Å².